The quantitative estimate of drug-likeness (QED) is 0.156. The topological polar surface area (TPSA) is 210 Å². The first-order chi connectivity index (χ1) is 18.5. The molecule has 6 N–H and O–H groups in total. The molecule has 2 saturated heterocycles. The van der Waals surface area contributed by atoms with Gasteiger partial charge in [-0.1, -0.05) is 12.1 Å². The van der Waals surface area contributed by atoms with Crippen LogP contribution in [0.1, 0.15) is 17.5 Å². The monoisotopic (exact) mass is 544 g/mol. The highest BCUT2D eigenvalue weighted by Crippen LogP contribution is 2.42. The Morgan fingerprint density at radius 1 is 0.872 bits per heavy atom. The lowest BCUT2D eigenvalue weighted by Crippen LogP contribution is -2.55. The van der Waals surface area contributed by atoms with Gasteiger partial charge in [-0.15, -0.1) is 0 Å². The highest BCUT2D eigenvalue weighted by molar-refractivity contribution is 5.88. The second-order valence-corrected chi connectivity index (χ2v) is 8.76. The minimum Gasteiger partial charge on any atom is -0.504 e. The second-order valence-electron chi connectivity index (χ2n) is 8.76. The van der Waals surface area contributed by atoms with Crippen LogP contribution < -0.4 is 0 Å². The average Bonchev–Trinajstić information content (AvgIpc) is 3.22. The molecule has 39 heavy (non-hydrogen) atoms. The van der Waals surface area contributed by atoms with E-state index in [0.717, 1.165) is 12.2 Å². The van der Waals surface area contributed by atoms with Crippen molar-refractivity contribution in [1.29, 1.82) is 0 Å². The molecule has 2 aliphatic heterocycles. The van der Waals surface area contributed by atoms with E-state index in [0.29, 0.717) is 11.1 Å². The van der Waals surface area contributed by atoms with Crippen LogP contribution in [0.25, 0.3) is 12.2 Å². The Morgan fingerprint density at radius 3 is 1.97 bits per heavy atom. The number of rotatable bonds is 8. The zero-order valence-electron chi connectivity index (χ0n) is 20.0. The van der Waals surface area contributed by atoms with Crippen LogP contribution in [-0.2, 0) is 33.3 Å². The summed E-state index contributed by atoms with van der Waals surface area (Å²) < 4.78 is 21.3. The molecule has 4 rings (SSSR count). The summed E-state index contributed by atoms with van der Waals surface area (Å²) in [6, 6.07) is 7.72. The third kappa shape index (κ3) is 6.12. The molecule has 2 heterocycles. The van der Waals surface area contributed by atoms with Gasteiger partial charge in [-0.25, -0.2) is 14.4 Å². The first-order valence-electron chi connectivity index (χ1n) is 11.5. The molecule has 2 aromatic rings. The number of carboxylic acid groups (broad SMARTS) is 1. The molecule has 0 radical (unpaired) electrons. The first-order valence-corrected chi connectivity index (χ1v) is 11.5. The maximum atomic E-state index is 12.3. The van der Waals surface area contributed by atoms with E-state index in [2.05, 4.69) is 0 Å². The Kier molecular flexibility index (Phi) is 7.76. The van der Waals surface area contributed by atoms with Crippen LogP contribution in [0.15, 0.2) is 48.6 Å². The highest BCUT2D eigenvalue weighted by Gasteiger charge is 2.63. The van der Waals surface area contributed by atoms with Crippen molar-refractivity contribution in [3.05, 3.63) is 59.7 Å². The zero-order chi connectivity index (χ0) is 28.3. The molecule has 13 heteroatoms. The third-order valence-corrected chi connectivity index (χ3v) is 6.03. The molecule has 0 unspecified atom stereocenters. The van der Waals surface area contributed by atoms with Crippen LogP contribution in [0.3, 0.4) is 0 Å². The van der Waals surface area contributed by atoms with Crippen molar-refractivity contribution >= 4 is 30.1 Å². The van der Waals surface area contributed by atoms with Crippen LogP contribution in [0, 0.1) is 0 Å². The second kappa shape index (κ2) is 11.0. The lowest BCUT2D eigenvalue weighted by Gasteiger charge is -2.35. The fraction of sp³-hybridized carbons (Fsp3) is 0.269. The SMILES string of the molecule is O=C(/C=C/c1ccc(O)c(O)c1)OC[C@H]1O[C@@]2(C(=O)O)C[C@@H](OC(=O)/C=C/c3ccc(O)c(O)c3)[C@@H](O)[C@@H]1O2. The van der Waals surface area contributed by atoms with E-state index in [1.54, 1.807) is 0 Å². The number of fused-ring (bicyclic) bond motifs is 2. The predicted octanol–water partition coefficient (Wildman–Crippen LogP) is 1.02. The van der Waals surface area contributed by atoms with E-state index in [1.165, 1.54) is 48.6 Å². The molecule has 0 saturated carbocycles. The molecule has 0 aromatic heterocycles. The summed E-state index contributed by atoms with van der Waals surface area (Å²) in [6.45, 7) is -0.494. The van der Waals surface area contributed by atoms with Crippen LogP contribution >= 0.6 is 0 Å². The summed E-state index contributed by atoms with van der Waals surface area (Å²) in [4.78, 5) is 36.4. The molecule has 2 aliphatic rings. The van der Waals surface area contributed by atoms with Gasteiger partial charge in [-0.3, -0.25) is 0 Å². The maximum Gasteiger partial charge on any atom is 0.364 e. The summed E-state index contributed by atoms with van der Waals surface area (Å²) in [5.41, 5.74) is 0.748. The van der Waals surface area contributed by atoms with Gasteiger partial charge in [0.25, 0.3) is 5.79 Å². The molecule has 5 atom stereocenters. The van der Waals surface area contributed by atoms with Gasteiger partial charge in [0.05, 0.1) is 6.42 Å². The van der Waals surface area contributed by atoms with Crippen LogP contribution in [0.2, 0.25) is 0 Å². The molecule has 13 nitrogen and oxygen atoms in total. The number of esters is 2. The van der Waals surface area contributed by atoms with Crippen molar-refractivity contribution in [3.63, 3.8) is 0 Å². The number of aromatic hydroxyl groups is 4. The lowest BCUT2D eigenvalue weighted by atomic mass is 9.95. The molecule has 0 spiro atoms. The average molecular weight is 544 g/mol. The Hall–Kier alpha value is -4.59. The Bertz CT molecular complexity index is 1330. The summed E-state index contributed by atoms with van der Waals surface area (Å²) in [6.07, 6.45) is -1.31. The molecule has 2 fully saturated rings. The van der Waals surface area contributed by atoms with Crippen LogP contribution in [0.5, 0.6) is 23.0 Å². The molecule has 2 aromatic carbocycles. The summed E-state index contributed by atoms with van der Waals surface area (Å²) in [5.74, 6) is -7.01. The smallest absolute Gasteiger partial charge is 0.364 e. The van der Waals surface area contributed by atoms with E-state index in [-0.39, 0.29) is 17.2 Å². The Balaban J connectivity index is 1.38. The summed E-state index contributed by atoms with van der Waals surface area (Å²) >= 11 is 0. The lowest BCUT2D eigenvalue weighted by molar-refractivity contribution is -0.247. The summed E-state index contributed by atoms with van der Waals surface area (Å²) in [5, 5.41) is 58.2. The number of aliphatic hydroxyl groups excluding tert-OH is 1. The molecular weight excluding hydrogens is 520 g/mol. The maximum absolute atomic E-state index is 12.3. The molecule has 0 aliphatic carbocycles. The molecular formula is C26H24O13. The van der Waals surface area contributed by atoms with Crippen molar-refractivity contribution in [2.45, 2.75) is 36.6 Å². The number of phenols is 4. The van der Waals surface area contributed by atoms with E-state index in [1.807, 2.05) is 0 Å². The number of aliphatic carboxylic acids is 1. The van der Waals surface area contributed by atoms with E-state index in [4.69, 9.17) is 18.9 Å². The van der Waals surface area contributed by atoms with Gasteiger partial charge in [-0.05, 0) is 47.5 Å². The van der Waals surface area contributed by atoms with Crippen LogP contribution in [0.4, 0.5) is 0 Å². The van der Waals surface area contributed by atoms with Gasteiger partial charge in [0.2, 0.25) is 0 Å². The number of hydrogen-bond acceptors (Lipinski definition) is 12. The fourth-order valence-corrected chi connectivity index (χ4v) is 4.06. The normalized spacial score (nSPS) is 26.1. The number of benzene rings is 2. The zero-order valence-corrected chi connectivity index (χ0v) is 20.0. The third-order valence-electron chi connectivity index (χ3n) is 6.03. The van der Waals surface area contributed by atoms with Gasteiger partial charge in [-0.2, -0.15) is 0 Å². The fourth-order valence-electron chi connectivity index (χ4n) is 4.06. The van der Waals surface area contributed by atoms with Crippen molar-refractivity contribution in [1.82, 2.24) is 0 Å². The largest absolute Gasteiger partial charge is 0.504 e. The van der Waals surface area contributed by atoms with Gasteiger partial charge < -0.3 is 49.6 Å². The number of carbonyl (C=O) groups excluding carboxylic acids is 2. The standard InChI is InChI=1S/C26H24O13/c27-15-5-1-13(9-17(15)29)3-7-21(31)36-12-20-24-23(33)19(11-26(38-20,39-24)25(34)35)37-22(32)8-4-14-2-6-16(28)18(30)10-14/h1-10,19-20,23-24,27-30,33H,11-12H2,(H,34,35)/b7-3+,8-4+/t19-,20-,23-,24-,26+/m1/s1. The molecule has 0 amide bonds. The van der Waals surface area contributed by atoms with Crippen molar-refractivity contribution in [2.24, 2.45) is 0 Å². The predicted molar refractivity (Wildman–Crippen MR) is 129 cm³/mol. The minimum absolute atomic E-state index is 0.331. The van der Waals surface area contributed by atoms with E-state index >= 15 is 0 Å². The summed E-state index contributed by atoms with van der Waals surface area (Å²) in [7, 11) is 0. The number of ether oxygens (including phenoxy) is 4. The van der Waals surface area contributed by atoms with Gasteiger partial charge in [0.15, 0.2) is 23.0 Å². The van der Waals surface area contributed by atoms with Crippen molar-refractivity contribution < 1.29 is 64.0 Å². The van der Waals surface area contributed by atoms with Gasteiger partial charge in [0.1, 0.15) is 31.0 Å². The number of carboxylic acids is 1. The number of hydrogen-bond donors (Lipinski definition) is 6. The van der Waals surface area contributed by atoms with Gasteiger partial charge in [0, 0.05) is 12.2 Å². The number of carbonyl (C=O) groups is 3. The van der Waals surface area contributed by atoms with Gasteiger partial charge >= 0.3 is 17.9 Å². The molecule has 206 valence electrons. The van der Waals surface area contributed by atoms with E-state index in [9.17, 15) is 45.0 Å². The van der Waals surface area contributed by atoms with Crippen LogP contribution in [-0.4, -0.2) is 85.4 Å². The highest BCUT2D eigenvalue weighted by atomic mass is 16.8. The first kappa shape index (κ1) is 27.4. The Morgan fingerprint density at radius 2 is 1.44 bits per heavy atom. The number of phenolic OH excluding ortho intramolecular Hbond substituents is 4. The number of aliphatic hydroxyl groups is 1. The minimum atomic E-state index is -2.25. The Labute approximate surface area is 220 Å². The molecule has 2 bridgehead atoms. The van der Waals surface area contributed by atoms with Crippen molar-refractivity contribution in [3.8, 4) is 23.0 Å². The van der Waals surface area contributed by atoms with E-state index < -0.39 is 66.9 Å². The van der Waals surface area contributed by atoms with Crippen molar-refractivity contribution in [2.75, 3.05) is 6.61 Å².